The van der Waals surface area contributed by atoms with E-state index in [9.17, 15) is 9.90 Å². The monoisotopic (exact) mass is 461 g/mol. The fourth-order valence-electron chi connectivity index (χ4n) is 9.39. The Balaban J connectivity index is 1.34. The number of amides is 1. The normalized spacial score (nSPS) is 43.8. The highest BCUT2D eigenvalue weighted by molar-refractivity contribution is 5.75. The quantitative estimate of drug-likeness (QED) is 0.509. The van der Waals surface area contributed by atoms with Crippen molar-refractivity contribution in [3.63, 3.8) is 0 Å². The zero-order valence-electron chi connectivity index (χ0n) is 22.5. The van der Waals surface area contributed by atoms with E-state index >= 15 is 0 Å². The molecular formula is C29H53N2O2+. The molecule has 0 bridgehead atoms. The van der Waals surface area contributed by atoms with Gasteiger partial charge in [-0.1, -0.05) is 20.8 Å². The van der Waals surface area contributed by atoms with Crippen molar-refractivity contribution in [1.29, 1.82) is 0 Å². The van der Waals surface area contributed by atoms with Crippen LogP contribution in [-0.2, 0) is 4.79 Å². The number of nitrogens with zero attached hydrogens (tertiary/aromatic N) is 1. The van der Waals surface area contributed by atoms with Crippen molar-refractivity contribution in [2.24, 2.45) is 46.3 Å². The maximum Gasteiger partial charge on any atom is 0.220 e. The molecule has 33 heavy (non-hydrogen) atoms. The lowest BCUT2D eigenvalue weighted by Crippen LogP contribution is -2.54. The first-order valence-electron chi connectivity index (χ1n) is 14.2. The number of aliphatic hydroxyl groups is 1. The highest BCUT2D eigenvalue weighted by atomic mass is 16.3. The highest BCUT2D eigenvalue weighted by Gasteiger charge is 2.60. The summed E-state index contributed by atoms with van der Waals surface area (Å²) in [5.74, 6) is 5.06. The molecule has 0 saturated heterocycles. The van der Waals surface area contributed by atoms with Gasteiger partial charge in [0.2, 0.25) is 5.91 Å². The Hall–Kier alpha value is -0.610. The molecule has 9 atom stereocenters. The summed E-state index contributed by atoms with van der Waals surface area (Å²) in [6, 6.07) is 0. The van der Waals surface area contributed by atoms with Crippen molar-refractivity contribution in [1.82, 2.24) is 5.32 Å². The van der Waals surface area contributed by atoms with Crippen LogP contribution >= 0.6 is 0 Å². The molecule has 5 unspecified atom stereocenters. The Bertz CT molecular complexity index is 702. The molecule has 0 heterocycles. The minimum atomic E-state index is -0.0464. The third-order valence-electron chi connectivity index (χ3n) is 11.3. The van der Waals surface area contributed by atoms with Gasteiger partial charge in [-0.15, -0.1) is 0 Å². The second-order valence-electron chi connectivity index (χ2n) is 14.2. The maximum atomic E-state index is 12.5. The first-order valence-corrected chi connectivity index (χ1v) is 14.2. The predicted molar refractivity (Wildman–Crippen MR) is 136 cm³/mol. The van der Waals surface area contributed by atoms with Gasteiger partial charge >= 0.3 is 0 Å². The molecule has 0 radical (unpaired) electrons. The minimum absolute atomic E-state index is 0.0464. The van der Waals surface area contributed by atoms with Gasteiger partial charge in [0.15, 0.2) is 0 Å². The third kappa shape index (κ3) is 5.03. The van der Waals surface area contributed by atoms with Crippen LogP contribution in [0, 0.1) is 46.3 Å². The summed E-state index contributed by atoms with van der Waals surface area (Å²) in [5, 5.41) is 13.4. The smallest absolute Gasteiger partial charge is 0.220 e. The number of nitrogens with one attached hydrogen (secondary N) is 1. The predicted octanol–water partition coefficient (Wildman–Crippen LogP) is 5.24. The Morgan fingerprint density at radius 3 is 2.42 bits per heavy atom. The van der Waals surface area contributed by atoms with Crippen molar-refractivity contribution in [2.75, 3.05) is 34.2 Å². The van der Waals surface area contributed by atoms with Crippen LogP contribution in [0.3, 0.4) is 0 Å². The molecule has 4 heteroatoms. The van der Waals surface area contributed by atoms with E-state index in [0.717, 1.165) is 66.4 Å². The standard InChI is InChI=1S/C29H52N2O2/c1-20(7-12-27(33)30-17-18-31(4,5)6)24-10-11-25-23-9-8-21-19-22(32)13-15-28(21,2)26(23)14-16-29(24,25)3/h20-26,32H,7-19H2,1-6H3/p+1/t20?,21?,22-,23?,24-,25?,26?,28+,29-/m1/s1. The number of likely N-dealkylation sites (N-methyl/N-ethyl adjacent to an activating group) is 1. The van der Waals surface area contributed by atoms with Gasteiger partial charge in [-0.25, -0.2) is 0 Å². The van der Waals surface area contributed by atoms with Crippen LogP contribution in [-0.4, -0.2) is 55.8 Å². The molecule has 0 spiro atoms. The van der Waals surface area contributed by atoms with Crippen LogP contribution in [0.15, 0.2) is 0 Å². The fraction of sp³-hybridized carbons (Fsp3) is 0.966. The van der Waals surface area contributed by atoms with Gasteiger partial charge in [-0.2, -0.15) is 0 Å². The zero-order valence-corrected chi connectivity index (χ0v) is 22.5. The molecule has 4 nitrogen and oxygen atoms in total. The summed E-state index contributed by atoms with van der Waals surface area (Å²) in [4.78, 5) is 12.5. The fourth-order valence-corrected chi connectivity index (χ4v) is 9.39. The second kappa shape index (κ2) is 9.45. The first-order chi connectivity index (χ1) is 15.4. The number of fused-ring (bicyclic) bond motifs is 5. The van der Waals surface area contributed by atoms with Crippen molar-refractivity contribution < 1.29 is 14.4 Å². The van der Waals surface area contributed by atoms with E-state index in [4.69, 9.17) is 0 Å². The molecule has 0 aliphatic heterocycles. The number of rotatable bonds is 7. The van der Waals surface area contributed by atoms with E-state index < -0.39 is 0 Å². The number of carbonyl (C=O) groups excluding carboxylic acids is 1. The van der Waals surface area contributed by atoms with Gasteiger partial charge in [-0.3, -0.25) is 4.79 Å². The lowest BCUT2D eigenvalue weighted by molar-refractivity contribution is -0.869. The van der Waals surface area contributed by atoms with Crippen molar-refractivity contribution >= 4 is 5.91 Å². The lowest BCUT2D eigenvalue weighted by Gasteiger charge is -2.61. The zero-order chi connectivity index (χ0) is 24.0. The van der Waals surface area contributed by atoms with Crippen molar-refractivity contribution in [2.45, 2.75) is 97.5 Å². The Morgan fingerprint density at radius 1 is 1.00 bits per heavy atom. The largest absolute Gasteiger partial charge is 0.393 e. The summed E-state index contributed by atoms with van der Waals surface area (Å²) in [6.07, 6.45) is 13.3. The van der Waals surface area contributed by atoms with Gasteiger partial charge in [0.1, 0.15) is 0 Å². The van der Waals surface area contributed by atoms with Gasteiger partial charge in [0, 0.05) is 6.42 Å². The molecule has 4 fully saturated rings. The number of aliphatic hydroxyl groups excluding tert-OH is 1. The Kier molecular flexibility index (Phi) is 7.30. The van der Waals surface area contributed by atoms with Crippen LogP contribution in [0.4, 0.5) is 0 Å². The molecule has 4 aliphatic rings. The molecule has 190 valence electrons. The lowest BCUT2D eigenvalue weighted by atomic mass is 9.44. The third-order valence-corrected chi connectivity index (χ3v) is 11.3. The SMILES string of the molecule is CC(CCC(=O)NCC[N+](C)(C)C)[C@H]1CCC2C3CCC4C[C@H](O)CC[C@]4(C)C3CC[C@@]21C. The molecule has 1 amide bonds. The summed E-state index contributed by atoms with van der Waals surface area (Å²) < 4.78 is 0.890. The van der Waals surface area contributed by atoms with Crippen LogP contribution in [0.2, 0.25) is 0 Å². The van der Waals surface area contributed by atoms with Gasteiger partial charge < -0.3 is 14.9 Å². The van der Waals surface area contributed by atoms with E-state index in [0.29, 0.717) is 23.2 Å². The summed E-state index contributed by atoms with van der Waals surface area (Å²) >= 11 is 0. The van der Waals surface area contributed by atoms with Gasteiger partial charge in [0.25, 0.3) is 0 Å². The van der Waals surface area contributed by atoms with Crippen LogP contribution in [0.5, 0.6) is 0 Å². The molecule has 4 aliphatic carbocycles. The van der Waals surface area contributed by atoms with Crippen molar-refractivity contribution in [3.05, 3.63) is 0 Å². The molecular weight excluding hydrogens is 408 g/mol. The molecule has 0 aromatic carbocycles. The minimum Gasteiger partial charge on any atom is -0.393 e. The van der Waals surface area contributed by atoms with Gasteiger partial charge in [0.05, 0.1) is 40.3 Å². The summed E-state index contributed by atoms with van der Waals surface area (Å²) in [7, 11) is 6.51. The highest BCUT2D eigenvalue weighted by Crippen LogP contribution is 2.68. The molecule has 0 aromatic heterocycles. The number of hydrogen-bond donors (Lipinski definition) is 2. The van der Waals surface area contributed by atoms with E-state index in [1.54, 1.807) is 0 Å². The van der Waals surface area contributed by atoms with E-state index in [1.807, 2.05) is 0 Å². The first kappa shape index (κ1) is 25.5. The maximum absolute atomic E-state index is 12.5. The van der Waals surface area contributed by atoms with E-state index in [-0.39, 0.29) is 12.0 Å². The van der Waals surface area contributed by atoms with Crippen LogP contribution < -0.4 is 5.32 Å². The van der Waals surface area contributed by atoms with Gasteiger partial charge in [-0.05, 0) is 111 Å². The number of hydrogen-bond acceptors (Lipinski definition) is 2. The number of carbonyl (C=O) groups is 1. The summed E-state index contributed by atoms with van der Waals surface area (Å²) in [6.45, 7) is 9.41. The topological polar surface area (TPSA) is 49.3 Å². The summed E-state index contributed by atoms with van der Waals surface area (Å²) in [5.41, 5.74) is 0.940. The van der Waals surface area contributed by atoms with Crippen LogP contribution in [0.1, 0.15) is 91.4 Å². The molecule has 4 rings (SSSR count). The van der Waals surface area contributed by atoms with Crippen molar-refractivity contribution in [3.8, 4) is 0 Å². The van der Waals surface area contributed by atoms with Crippen LogP contribution in [0.25, 0.3) is 0 Å². The molecule has 2 N–H and O–H groups in total. The van der Waals surface area contributed by atoms with E-state index in [2.05, 4.69) is 47.2 Å². The Labute approximate surface area is 203 Å². The average molecular weight is 462 g/mol. The molecule has 0 aromatic rings. The molecule has 4 saturated carbocycles. The van der Waals surface area contributed by atoms with E-state index in [1.165, 1.54) is 44.9 Å². The number of quaternary nitrogens is 1. The second-order valence-corrected chi connectivity index (χ2v) is 14.2. The Morgan fingerprint density at radius 2 is 1.70 bits per heavy atom. The average Bonchev–Trinajstić information content (AvgIpc) is 3.09.